The maximum atomic E-state index is 13.3. The first-order chi connectivity index (χ1) is 15.7. The highest BCUT2D eigenvalue weighted by Gasteiger charge is 2.34. The standard InChI is InChI=1S/C23H28N6O4/c1-13(2)12-28-21-16(9-10-18(30)27-11-5-6-17(27)24-4)14(3)26-29(21)23(33)19(22(28)32)20(31)25-15-7-8-15/h4,9-10,13,15,17H,5-8,11-12H2,1-3H3,(H-,25,31,32,33)/p+1/b10-9+/t17-/m1/s1. The predicted molar refractivity (Wildman–Crippen MR) is 123 cm³/mol. The lowest BCUT2D eigenvalue weighted by Gasteiger charge is -2.15. The van der Waals surface area contributed by atoms with Crippen LogP contribution in [0.1, 0.15) is 61.1 Å². The van der Waals surface area contributed by atoms with E-state index in [1.165, 1.54) is 15.2 Å². The fraction of sp³-hybridized carbons (Fsp3) is 0.522. The number of hydrogen-bond acceptors (Lipinski definition) is 5. The van der Waals surface area contributed by atoms with E-state index in [2.05, 4.69) is 15.3 Å². The summed E-state index contributed by atoms with van der Waals surface area (Å²) in [5.74, 6) is -1.28. The lowest BCUT2D eigenvalue weighted by atomic mass is 10.1. The van der Waals surface area contributed by atoms with Crippen molar-refractivity contribution in [1.29, 1.82) is 0 Å². The van der Waals surface area contributed by atoms with Crippen LogP contribution in [-0.2, 0) is 11.3 Å². The summed E-state index contributed by atoms with van der Waals surface area (Å²) >= 11 is 0. The average Bonchev–Trinajstić information content (AvgIpc) is 3.32. The first kappa shape index (κ1) is 22.6. The molecule has 10 nitrogen and oxygen atoms in total. The van der Waals surface area contributed by atoms with Crippen LogP contribution in [0.2, 0.25) is 0 Å². The average molecular weight is 454 g/mol. The number of carbonyl (C=O) groups excluding carboxylic acids is 2. The van der Waals surface area contributed by atoms with E-state index >= 15 is 0 Å². The van der Waals surface area contributed by atoms with Crippen molar-refractivity contribution in [2.24, 2.45) is 5.92 Å². The first-order valence-electron chi connectivity index (χ1n) is 11.3. The monoisotopic (exact) mass is 453 g/mol. The van der Waals surface area contributed by atoms with Crippen molar-refractivity contribution in [3.05, 3.63) is 38.1 Å². The van der Waals surface area contributed by atoms with Crippen molar-refractivity contribution < 1.29 is 14.7 Å². The topological polar surface area (TPSA) is 113 Å². The van der Waals surface area contributed by atoms with Gasteiger partial charge in [-0.2, -0.15) is 9.61 Å². The third kappa shape index (κ3) is 4.23. The molecule has 0 bridgehead atoms. The molecule has 10 heteroatoms. The molecule has 2 amide bonds. The minimum Gasteiger partial charge on any atom is -0.492 e. The molecule has 174 valence electrons. The van der Waals surface area contributed by atoms with Crippen LogP contribution < -0.4 is 10.9 Å². The molecule has 1 atom stereocenters. The van der Waals surface area contributed by atoms with Gasteiger partial charge in [0.25, 0.3) is 23.9 Å². The van der Waals surface area contributed by atoms with Gasteiger partial charge in [0.2, 0.25) is 5.88 Å². The molecule has 0 spiro atoms. The summed E-state index contributed by atoms with van der Waals surface area (Å²) in [5, 5.41) is 18.0. The SMILES string of the molecule is C#[N+][C@H]1CCCN1C(=O)/C=C/c1c(C)nn2c(O)c(C(=O)NC3CC3)c(=O)n(CC(C)C)c12. The molecule has 2 aromatic heterocycles. The Hall–Kier alpha value is -3.61. The van der Waals surface area contributed by atoms with Gasteiger partial charge < -0.3 is 10.4 Å². The van der Waals surface area contributed by atoms with Gasteiger partial charge in [0.05, 0.1) is 12.1 Å². The molecule has 33 heavy (non-hydrogen) atoms. The van der Waals surface area contributed by atoms with Crippen LogP contribution in [0.5, 0.6) is 5.88 Å². The lowest BCUT2D eigenvalue weighted by molar-refractivity contribution is -0.126. The molecule has 0 radical (unpaired) electrons. The Balaban J connectivity index is 1.82. The van der Waals surface area contributed by atoms with E-state index in [1.807, 2.05) is 13.8 Å². The lowest BCUT2D eigenvalue weighted by Crippen LogP contribution is -2.36. The predicted octanol–water partition coefficient (Wildman–Crippen LogP) is 1.98. The maximum absolute atomic E-state index is 13.3. The number of likely N-dealkylation sites (tertiary alicyclic amines) is 1. The van der Waals surface area contributed by atoms with Gasteiger partial charge >= 0.3 is 6.17 Å². The van der Waals surface area contributed by atoms with E-state index in [1.54, 1.807) is 17.9 Å². The Labute approximate surface area is 191 Å². The number of rotatable bonds is 6. The van der Waals surface area contributed by atoms with E-state index in [0.29, 0.717) is 30.0 Å². The van der Waals surface area contributed by atoms with E-state index in [-0.39, 0.29) is 29.6 Å². The molecular weight excluding hydrogens is 424 g/mol. The largest absolute Gasteiger partial charge is 0.492 e. The zero-order valence-corrected chi connectivity index (χ0v) is 19.1. The zero-order valence-electron chi connectivity index (χ0n) is 19.1. The van der Waals surface area contributed by atoms with Gasteiger partial charge in [-0.15, -0.1) is 0 Å². The van der Waals surface area contributed by atoms with Crippen LogP contribution in [0.25, 0.3) is 16.6 Å². The third-order valence-corrected chi connectivity index (χ3v) is 5.98. The summed E-state index contributed by atoms with van der Waals surface area (Å²) in [6.07, 6.45) is 5.91. The highest BCUT2D eigenvalue weighted by atomic mass is 16.3. The van der Waals surface area contributed by atoms with Gasteiger partial charge in [0.15, 0.2) is 5.56 Å². The second-order valence-electron chi connectivity index (χ2n) is 9.13. The van der Waals surface area contributed by atoms with Crippen molar-refractivity contribution >= 4 is 23.5 Å². The number of aryl methyl sites for hydroxylation is 1. The van der Waals surface area contributed by atoms with Crippen molar-refractivity contribution in [2.75, 3.05) is 6.54 Å². The molecule has 2 N–H and O–H groups in total. The number of carbonyl (C=O) groups is 2. The van der Waals surface area contributed by atoms with Gasteiger partial charge in [-0.25, -0.2) is 0 Å². The third-order valence-electron chi connectivity index (χ3n) is 5.98. The number of amides is 2. The zero-order chi connectivity index (χ0) is 23.9. The van der Waals surface area contributed by atoms with Crippen molar-refractivity contribution in [2.45, 2.75) is 65.2 Å². The van der Waals surface area contributed by atoms with Crippen LogP contribution in [0.4, 0.5) is 0 Å². The second kappa shape index (κ2) is 8.73. The fourth-order valence-corrected chi connectivity index (χ4v) is 4.19. The van der Waals surface area contributed by atoms with Gasteiger partial charge in [0, 0.05) is 30.8 Å². The second-order valence-corrected chi connectivity index (χ2v) is 9.13. The van der Waals surface area contributed by atoms with Crippen LogP contribution in [-0.4, -0.2) is 54.8 Å². The molecule has 1 aliphatic carbocycles. The highest BCUT2D eigenvalue weighted by Crippen LogP contribution is 2.26. The number of aromatic hydroxyl groups is 1. The Bertz CT molecular complexity index is 1240. The van der Waals surface area contributed by atoms with Crippen molar-refractivity contribution in [1.82, 2.24) is 24.4 Å². The summed E-state index contributed by atoms with van der Waals surface area (Å²) < 4.78 is 2.66. The number of fused-ring (bicyclic) bond motifs is 1. The number of nitrogens with zero attached hydrogens (tertiary/aromatic N) is 5. The molecule has 2 aliphatic rings. The minimum absolute atomic E-state index is 0.0316. The van der Waals surface area contributed by atoms with E-state index in [9.17, 15) is 19.5 Å². The van der Waals surface area contributed by atoms with Crippen LogP contribution in [0, 0.1) is 19.4 Å². The fourth-order valence-electron chi connectivity index (χ4n) is 4.19. The molecule has 1 aliphatic heterocycles. The number of aromatic nitrogens is 3. The van der Waals surface area contributed by atoms with Crippen LogP contribution >= 0.6 is 0 Å². The normalized spacial score (nSPS) is 18.4. The number of hydrogen-bond donors (Lipinski definition) is 2. The molecule has 4 rings (SSSR count). The van der Waals surface area contributed by atoms with Gasteiger partial charge in [-0.3, -0.25) is 23.9 Å². The summed E-state index contributed by atoms with van der Waals surface area (Å²) in [6, 6.07) is 0.0316. The highest BCUT2D eigenvalue weighted by molar-refractivity contribution is 5.97. The molecule has 3 heterocycles. The van der Waals surface area contributed by atoms with Gasteiger partial charge in [-0.1, -0.05) is 18.7 Å². The molecule has 1 saturated carbocycles. The van der Waals surface area contributed by atoms with E-state index < -0.39 is 17.3 Å². The number of nitrogens with one attached hydrogen (secondary N) is 1. The summed E-state index contributed by atoms with van der Waals surface area (Å²) in [6.45, 7) is 11.9. The Kier molecular flexibility index (Phi) is 5.97. The Morgan fingerprint density at radius 3 is 2.70 bits per heavy atom. The molecule has 2 aromatic rings. The van der Waals surface area contributed by atoms with Crippen LogP contribution in [0.3, 0.4) is 0 Å². The molecule has 1 saturated heterocycles. The molecule has 0 unspecified atom stereocenters. The Morgan fingerprint density at radius 1 is 1.33 bits per heavy atom. The first-order valence-corrected chi connectivity index (χ1v) is 11.3. The van der Waals surface area contributed by atoms with Crippen molar-refractivity contribution in [3.8, 4) is 12.5 Å². The summed E-state index contributed by atoms with van der Waals surface area (Å²) in [7, 11) is 0. The smallest absolute Gasteiger partial charge is 0.349 e. The van der Waals surface area contributed by atoms with E-state index in [0.717, 1.165) is 25.7 Å². The summed E-state index contributed by atoms with van der Waals surface area (Å²) in [5.41, 5.74) is 0.443. The quantitative estimate of drug-likeness (QED) is 0.650. The maximum Gasteiger partial charge on any atom is 0.349 e. The van der Waals surface area contributed by atoms with Crippen LogP contribution in [0.15, 0.2) is 10.9 Å². The molecule has 2 fully saturated rings. The van der Waals surface area contributed by atoms with Crippen molar-refractivity contribution in [3.63, 3.8) is 0 Å². The van der Waals surface area contributed by atoms with Gasteiger partial charge in [-0.05, 0) is 38.2 Å². The van der Waals surface area contributed by atoms with E-state index in [4.69, 9.17) is 6.57 Å². The van der Waals surface area contributed by atoms with Gasteiger partial charge in [0.1, 0.15) is 5.65 Å². The molecule has 0 aromatic carbocycles. The minimum atomic E-state index is -0.606. The Morgan fingerprint density at radius 2 is 2.06 bits per heavy atom. The molecular formula is C23H29N6O4+. The summed E-state index contributed by atoms with van der Waals surface area (Å²) in [4.78, 5) is 44.2.